The summed E-state index contributed by atoms with van der Waals surface area (Å²) in [5.74, 6) is 5.37. The summed E-state index contributed by atoms with van der Waals surface area (Å²) in [4.78, 5) is 8.45. The molecule has 78 valence electrons. The number of nitrogens with two attached hydrogens (primary N) is 1. The van der Waals surface area contributed by atoms with E-state index in [0.29, 0.717) is 16.5 Å². The first-order valence-corrected chi connectivity index (χ1v) is 4.25. The average Bonchev–Trinajstić information content (AvgIpc) is 2.27. The summed E-state index contributed by atoms with van der Waals surface area (Å²) in [6.07, 6.45) is 1.47. The Balaban J connectivity index is 2.80. The van der Waals surface area contributed by atoms with Crippen molar-refractivity contribution in [3.05, 3.63) is 30.2 Å². The minimum atomic E-state index is -0.379. The van der Waals surface area contributed by atoms with Crippen LogP contribution in [0.3, 0.4) is 0 Å². The Morgan fingerprint density at radius 1 is 1.33 bits per heavy atom. The van der Waals surface area contributed by atoms with E-state index in [1.54, 1.807) is 6.07 Å². The van der Waals surface area contributed by atoms with E-state index < -0.39 is 0 Å². The number of ether oxygens (including phenoxy) is 1. The van der Waals surface area contributed by atoms with Gasteiger partial charge in [-0.2, -0.15) is 5.90 Å². The Morgan fingerprint density at radius 2 is 2.13 bits per heavy atom. The fourth-order valence-electron chi connectivity index (χ4n) is 1.42. The van der Waals surface area contributed by atoms with E-state index in [4.69, 9.17) is 10.6 Å². The molecule has 2 aromatic rings. The second-order valence-corrected chi connectivity index (χ2v) is 2.94. The number of fused-ring (bicyclic) bond motifs is 1. The molecule has 0 aliphatic heterocycles. The van der Waals surface area contributed by atoms with Crippen LogP contribution in [-0.4, -0.2) is 12.1 Å². The van der Waals surface area contributed by atoms with E-state index in [-0.39, 0.29) is 11.7 Å². The Labute approximate surface area is 85.4 Å². The largest absolute Gasteiger partial charge is 0.494 e. The molecule has 2 rings (SSSR count). The summed E-state index contributed by atoms with van der Waals surface area (Å²) in [6, 6.07) is 4.23. The number of benzene rings is 1. The van der Waals surface area contributed by atoms with Crippen molar-refractivity contribution < 1.29 is 14.0 Å². The molecule has 1 aromatic heterocycles. The van der Waals surface area contributed by atoms with E-state index in [1.165, 1.54) is 25.4 Å². The molecule has 5 heteroatoms. The van der Waals surface area contributed by atoms with Crippen molar-refractivity contribution in [1.82, 2.24) is 4.98 Å². The summed E-state index contributed by atoms with van der Waals surface area (Å²) in [6.45, 7) is 0. The molecule has 0 aliphatic rings. The zero-order valence-corrected chi connectivity index (χ0v) is 8.03. The highest BCUT2D eigenvalue weighted by atomic mass is 19.1. The average molecular weight is 208 g/mol. The Morgan fingerprint density at radius 3 is 2.80 bits per heavy atom. The molecule has 0 bridgehead atoms. The van der Waals surface area contributed by atoms with Crippen LogP contribution in [0.25, 0.3) is 10.8 Å². The highest BCUT2D eigenvalue weighted by molar-refractivity contribution is 5.91. The van der Waals surface area contributed by atoms with Gasteiger partial charge in [-0.25, -0.2) is 9.37 Å². The van der Waals surface area contributed by atoms with Crippen LogP contribution in [0.4, 0.5) is 4.39 Å². The van der Waals surface area contributed by atoms with Gasteiger partial charge in [0.05, 0.1) is 18.7 Å². The zero-order valence-electron chi connectivity index (χ0n) is 8.03. The second-order valence-electron chi connectivity index (χ2n) is 2.94. The molecule has 4 nitrogen and oxygen atoms in total. The molecule has 0 spiro atoms. The van der Waals surface area contributed by atoms with Crippen molar-refractivity contribution in [2.75, 3.05) is 7.11 Å². The number of methoxy groups -OCH3 is 1. The van der Waals surface area contributed by atoms with E-state index in [1.807, 2.05) is 0 Å². The molecule has 1 aromatic carbocycles. The predicted octanol–water partition coefficient (Wildman–Crippen LogP) is 1.64. The van der Waals surface area contributed by atoms with Crippen molar-refractivity contribution in [2.45, 2.75) is 0 Å². The van der Waals surface area contributed by atoms with E-state index in [0.717, 1.165) is 0 Å². The number of hydrogen-bond donors (Lipinski definition) is 1. The summed E-state index contributed by atoms with van der Waals surface area (Å²) >= 11 is 0. The minimum absolute atomic E-state index is 0.172. The van der Waals surface area contributed by atoms with Gasteiger partial charge in [-0.1, -0.05) is 0 Å². The van der Waals surface area contributed by atoms with Gasteiger partial charge in [-0.15, -0.1) is 0 Å². The van der Waals surface area contributed by atoms with Crippen molar-refractivity contribution in [2.24, 2.45) is 5.90 Å². The maximum Gasteiger partial charge on any atom is 0.245 e. The molecule has 0 amide bonds. The molecule has 15 heavy (non-hydrogen) atoms. The highest BCUT2D eigenvalue weighted by Gasteiger charge is 2.09. The topological polar surface area (TPSA) is 57.4 Å². The van der Waals surface area contributed by atoms with Crippen LogP contribution in [0.5, 0.6) is 11.6 Å². The van der Waals surface area contributed by atoms with Crippen LogP contribution in [0.1, 0.15) is 0 Å². The van der Waals surface area contributed by atoms with Crippen LogP contribution in [0, 0.1) is 5.82 Å². The van der Waals surface area contributed by atoms with E-state index >= 15 is 0 Å². The first-order chi connectivity index (χ1) is 7.26. The van der Waals surface area contributed by atoms with Gasteiger partial charge < -0.3 is 9.57 Å². The molecule has 0 radical (unpaired) electrons. The smallest absolute Gasteiger partial charge is 0.245 e. The monoisotopic (exact) mass is 208 g/mol. The predicted molar refractivity (Wildman–Crippen MR) is 53.1 cm³/mol. The van der Waals surface area contributed by atoms with Crippen molar-refractivity contribution in [3.63, 3.8) is 0 Å². The van der Waals surface area contributed by atoms with E-state index in [2.05, 4.69) is 9.82 Å². The maximum atomic E-state index is 13.0. The van der Waals surface area contributed by atoms with Gasteiger partial charge in [0.15, 0.2) is 0 Å². The molecule has 0 unspecified atom stereocenters. The highest BCUT2D eigenvalue weighted by Crippen LogP contribution is 2.30. The molecule has 0 fully saturated rings. The molecule has 0 saturated heterocycles. The summed E-state index contributed by atoms with van der Waals surface area (Å²) in [5.41, 5.74) is 0. The minimum Gasteiger partial charge on any atom is -0.494 e. The molecule has 2 N–H and O–H groups in total. The van der Waals surface area contributed by atoms with Gasteiger partial charge >= 0.3 is 0 Å². The van der Waals surface area contributed by atoms with Crippen LogP contribution in [0.2, 0.25) is 0 Å². The quantitative estimate of drug-likeness (QED) is 0.762. The van der Waals surface area contributed by atoms with Gasteiger partial charge in [-0.05, 0) is 18.2 Å². The molecular formula is C10H9FN2O2. The Kier molecular flexibility index (Phi) is 2.39. The van der Waals surface area contributed by atoms with E-state index in [9.17, 15) is 4.39 Å². The number of hydrogen-bond acceptors (Lipinski definition) is 4. The summed E-state index contributed by atoms with van der Waals surface area (Å²) in [7, 11) is 1.52. The van der Waals surface area contributed by atoms with Gasteiger partial charge in [0.1, 0.15) is 11.6 Å². The normalized spacial score (nSPS) is 10.3. The van der Waals surface area contributed by atoms with Crippen LogP contribution < -0.4 is 15.5 Å². The number of rotatable bonds is 2. The lowest BCUT2D eigenvalue weighted by atomic mass is 10.1. The molecule has 1 heterocycles. The summed E-state index contributed by atoms with van der Waals surface area (Å²) in [5, 5.41) is 1.19. The van der Waals surface area contributed by atoms with Crippen LogP contribution in [0.15, 0.2) is 24.4 Å². The molecule has 0 saturated carbocycles. The van der Waals surface area contributed by atoms with Crippen LogP contribution >= 0.6 is 0 Å². The standard InChI is InChI=1S/C10H9FN2O2/c1-14-9-5-13-10(15-12)8-4-6(11)2-3-7(8)9/h2-5H,12H2,1H3. The molecular weight excluding hydrogens is 199 g/mol. The lowest BCUT2D eigenvalue weighted by Gasteiger charge is -2.07. The molecule has 0 atom stereocenters. The fraction of sp³-hybridized carbons (Fsp3) is 0.100. The number of pyridine rings is 1. The van der Waals surface area contributed by atoms with Gasteiger partial charge in [-0.3, -0.25) is 0 Å². The third kappa shape index (κ3) is 1.57. The maximum absolute atomic E-state index is 13.0. The SMILES string of the molecule is COc1cnc(ON)c2cc(F)ccc12. The zero-order chi connectivity index (χ0) is 10.8. The third-order valence-corrected chi connectivity index (χ3v) is 2.11. The van der Waals surface area contributed by atoms with Crippen molar-refractivity contribution >= 4 is 10.8 Å². The Hall–Kier alpha value is -1.88. The van der Waals surface area contributed by atoms with Gasteiger partial charge in [0.25, 0.3) is 0 Å². The second kappa shape index (κ2) is 3.70. The number of aromatic nitrogens is 1. The fourth-order valence-corrected chi connectivity index (χ4v) is 1.42. The number of halogens is 1. The lowest BCUT2D eigenvalue weighted by Crippen LogP contribution is -2.04. The molecule has 0 aliphatic carbocycles. The number of nitrogens with zero attached hydrogens (tertiary/aromatic N) is 1. The Bertz CT molecular complexity index is 502. The first-order valence-electron chi connectivity index (χ1n) is 4.25. The van der Waals surface area contributed by atoms with Crippen LogP contribution in [-0.2, 0) is 0 Å². The van der Waals surface area contributed by atoms with Crippen molar-refractivity contribution in [3.8, 4) is 11.6 Å². The lowest BCUT2D eigenvalue weighted by molar-refractivity contribution is 0.324. The van der Waals surface area contributed by atoms with Gasteiger partial charge in [0, 0.05) is 5.39 Å². The first kappa shape index (κ1) is 9.67. The third-order valence-electron chi connectivity index (χ3n) is 2.11. The van der Waals surface area contributed by atoms with Gasteiger partial charge in [0.2, 0.25) is 5.88 Å². The summed E-state index contributed by atoms with van der Waals surface area (Å²) < 4.78 is 18.1. The van der Waals surface area contributed by atoms with Crippen molar-refractivity contribution in [1.29, 1.82) is 0 Å².